The lowest BCUT2D eigenvalue weighted by atomic mass is 10.1. The molecular weight excluding hydrogens is 264 g/mol. The van der Waals surface area contributed by atoms with Gasteiger partial charge < -0.3 is 10.1 Å². The lowest BCUT2D eigenvalue weighted by molar-refractivity contribution is 0.0939. The van der Waals surface area contributed by atoms with E-state index < -0.39 is 0 Å². The summed E-state index contributed by atoms with van der Waals surface area (Å²) in [5.74, 6) is 0.515. The zero-order valence-corrected chi connectivity index (χ0v) is 12.0. The van der Waals surface area contributed by atoms with Gasteiger partial charge >= 0.3 is 0 Å². The Hall–Kier alpha value is -2.80. The first-order chi connectivity index (χ1) is 10.2. The van der Waals surface area contributed by atoms with Gasteiger partial charge in [0.1, 0.15) is 5.75 Å². The summed E-state index contributed by atoms with van der Waals surface area (Å²) < 4.78 is 5.30. The lowest BCUT2D eigenvalue weighted by Crippen LogP contribution is -2.26. The van der Waals surface area contributed by atoms with Gasteiger partial charge in [-0.25, -0.2) is 0 Å². The molecule has 1 atom stereocenters. The van der Waals surface area contributed by atoms with Gasteiger partial charge in [0, 0.05) is 11.1 Å². The number of nitrogens with one attached hydrogen (secondary N) is 1. The van der Waals surface area contributed by atoms with Crippen LogP contribution in [0.15, 0.2) is 48.5 Å². The number of nitrogens with zero attached hydrogens (tertiary/aromatic N) is 1. The molecule has 0 saturated carbocycles. The van der Waals surface area contributed by atoms with Crippen molar-refractivity contribution in [1.82, 2.24) is 5.32 Å². The van der Waals surface area contributed by atoms with Crippen molar-refractivity contribution in [2.24, 2.45) is 0 Å². The molecule has 0 radical (unpaired) electrons. The van der Waals surface area contributed by atoms with Gasteiger partial charge in [0.25, 0.3) is 5.91 Å². The molecule has 0 saturated heterocycles. The summed E-state index contributed by atoms with van der Waals surface area (Å²) in [6, 6.07) is 16.0. The van der Waals surface area contributed by atoms with Gasteiger partial charge in [0.2, 0.25) is 0 Å². The number of benzene rings is 2. The number of hydrogen-bond donors (Lipinski definition) is 1. The minimum atomic E-state index is -0.217. The largest absolute Gasteiger partial charge is 0.496 e. The van der Waals surface area contributed by atoms with Crippen LogP contribution in [0.2, 0.25) is 0 Å². The van der Waals surface area contributed by atoms with E-state index in [1.54, 1.807) is 31.4 Å². The van der Waals surface area contributed by atoms with Gasteiger partial charge in [0.05, 0.1) is 24.8 Å². The van der Waals surface area contributed by atoms with Crippen LogP contribution in [-0.2, 0) is 0 Å². The first-order valence-electron chi connectivity index (χ1n) is 6.59. The molecule has 21 heavy (non-hydrogen) atoms. The summed E-state index contributed by atoms with van der Waals surface area (Å²) in [5.41, 5.74) is 1.84. The van der Waals surface area contributed by atoms with Crippen LogP contribution in [0, 0.1) is 11.3 Å². The highest BCUT2D eigenvalue weighted by Gasteiger charge is 2.14. The molecule has 2 rings (SSSR count). The summed E-state index contributed by atoms with van der Waals surface area (Å²) in [5, 5.41) is 11.8. The quantitative estimate of drug-likeness (QED) is 0.936. The second-order valence-corrected chi connectivity index (χ2v) is 4.63. The highest BCUT2D eigenvalue weighted by Crippen LogP contribution is 2.24. The van der Waals surface area contributed by atoms with Crippen LogP contribution in [0.3, 0.4) is 0 Å². The maximum atomic E-state index is 12.2. The van der Waals surface area contributed by atoms with Crippen LogP contribution in [-0.4, -0.2) is 13.0 Å². The maximum Gasteiger partial charge on any atom is 0.251 e. The van der Waals surface area contributed by atoms with E-state index in [0.29, 0.717) is 11.1 Å². The van der Waals surface area contributed by atoms with Crippen molar-refractivity contribution in [1.29, 1.82) is 5.26 Å². The Morgan fingerprint density at radius 3 is 2.71 bits per heavy atom. The van der Waals surface area contributed by atoms with Crippen LogP contribution < -0.4 is 10.1 Å². The molecule has 0 aliphatic rings. The fourth-order valence-corrected chi connectivity index (χ4v) is 2.11. The maximum absolute atomic E-state index is 12.2. The third-order valence-corrected chi connectivity index (χ3v) is 3.21. The van der Waals surface area contributed by atoms with E-state index in [0.717, 1.165) is 11.3 Å². The van der Waals surface area contributed by atoms with E-state index in [1.807, 2.05) is 37.3 Å². The van der Waals surface area contributed by atoms with Crippen molar-refractivity contribution in [2.75, 3.05) is 7.11 Å². The van der Waals surface area contributed by atoms with E-state index in [-0.39, 0.29) is 11.9 Å². The SMILES string of the molecule is COc1ccccc1C(C)NC(=O)c1cccc(C#N)c1. The van der Waals surface area contributed by atoms with Crippen LogP contribution in [0.1, 0.15) is 34.5 Å². The average molecular weight is 280 g/mol. The smallest absolute Gasteiger partial charge is 0.251 e. The molecule has 4 heteroatoms. The van der Waals surface area contributed by atoms with Gasteiger partial charge in [-0.3, -0.25) is 4.79 Å². The highest BCUT2D eigenvalue weighted by molar-refractivity contribution is 5.94. The van der Waals surface area contributed by atoms with E-state index in [4.69, 9.17) is 10.00 Å². The molecule has 0 heterocycles. The lowest BCUT2D eigenvalue weighted by Gasteiger charge is -2.17. The van der Waals surface area contributed by atoms with Crippen LogP contribution >= 0.6 is 0 Å². The Morgan fingerprint density at radius 2 is 2.00 bits per heavy atom. The number of carbonyl (C=O) groups is 1. The Kier molecular flexibility index (Phi) is 4.57. The summed E-state index contributed by atoms with van der Waals surface area (Å²) in [4.78, 5) is 12.2. The zero-order valence-electron chi connectivity index (χ0n) is 12.0. The monoisotopic (exact) mass is 280 g/mol. The van der Waals surface area contributed by atoms with Gasteiger partial charge in [-0.2, -0.15) is 5.26 Å². The Balaban J connectivity index is 2.17. The molecular formula is C17H16N2O2. The number of methoxy groups -OCH3 is 1. The molecule has 106 valence electrons. The number of ether oxygens (including phenoxy) is 1. The molecule has 2 aromatic rings. The summed E-state index contributed by atoms with van der Waals surface area (Å²) in [7, 11) is 1.60. The number of hydrogen-bond acceptors (Lipinski definition) is 3. The minimum absolute atomic E-state index is 0.195. The summed E-state index contributed by atoms with van der Waals surface area (Å²) in [6.07, 6.45) is 0. The number of amides is 1. The second kappa shape index (κ2) is 6.58. The number of para-hydroxylation sites is 1. The molecule has 4 nitrogen and oxygen atoms in total. The third-order valence-electron chi connectivity index (χ3n) is 3.21. The van der Waals surface area contributed by atoms with Crippen molar-refractivity contribution in [3.05, 3.63) is 65.2 Å². The predicted molar refractivity (Wildman–Crippen MR) is 80.0 cm³/mol. The van der Waals surface area contributed by atoms with Crippen LogP contribution in [0.5, 0.6) is 5.75 Å². The Labute approximate surface area is 124 Å². The van der Waals surface area contributed by atoms with E-state index in [2.05, 4.69) is 5.32 Å². The number of carbonyl (C=O) groups excluding carboxylic acids is 1. The first kappa shape index (κ1) is 14.6. The highest BCUT2D eigenvalue weighted by atomic mass is 16.5. The summed E-state index contributed by atoms with van der Waals surface area (Å²) >= 11 is 0. The van der Waals surface area contributed by atoms with Gasteiger partial charge in [0.15, 0.2) is 0 Å². The molecule has 1 amide bonds. The van der Waals surface area contributed by atoms with Crippen LogP contribution in [0.25, 0.3) is 0 Å². The Morgan fingerprint density at radius 1 is 1.24 bits per heavy atom. The fraction of sp³-hybridized carbons (Fsp3) is 0.176. The van der Waals surface area contributed by atoms with E-state index in [9.17, 15) is 4.79 Å². The standard InChI is InChI=1S/C17H16N2O2/c1-12(15-8-3-4-9-16(15)21-2)19-17(20)14-7-5-6-13(10-14)11-18/h3-10,12H,1-2H3,(H,19,20). The summed E-state index contributed by atoms with van der Waals surface area (Å²) in [6.45, 7) is 1.89. The number of rotatable bonds is 4. The van der Waals surface area contributed by atoms with Gasteiger partial charge in [-0.15, -0.1) is 0 Å². The Bertz CT molecular complexity index is 689. The van der Waals surface area contributed by atoms with Crippen molar-refractivity contribution >= 4 is 5.91 Å². The normalized spacial score (nSPS) is 11.3. The third kappa shape index (κ3) is 3.40. The second-order valence-electron chi connectivity index (χ2n) is 4.63. The molecule has 0 aromatic heterocycles. The van der Waals surface area contributed by atoms with Crippen LogP contribution in [0.4, 0.5) is 0 Å². The van der Waals surface area contributed by atoms with Crippen molar-refractivity contribution in [3.63, 3.8) is 0 Å². The molecule has 0 spiro atoms. The van der Waals surface area contributed by atoms with Crippen molar-refractivity contribution in [2.45, 2.75) is 13.0 Å². The molecule has 1 N–H and O–H groups in total. The van der Waals surface area contributed by atoms with E-state index in [1.165, 1.54) is 0 Å². The topological polar surface area (TPSA) is 62.1 Å². The molecule has 0 bridgehead atoms. The predicted octanol–water partition coefficient (Wildman–Crippen LogP) is 3.06. The molecule has 2 aromatic carbocycles. The molecule has 0 aliphatic heterocycles. The molecule has 0 fully saturated rings. The van der Waals surface area contributed by atoms with E-state index >= 15 is 0 Å². The van der Waals surface area contributed by atoms with Crippen molar-refractivity contribution in [3.8, 4) is 11.8 Å². The molecule has 1 unspecified atom stereocenters. The van der Waals surface area contributed by atoms with Gasteiger partial charge in [-0.05, 0) is 31.2 Å². The van der Waals surface area contributed by atoms with Crippen molar-refractivity contribution < 1.29 is 9.53 Å². The average Bonchev–Trinajstić information content (AvgIpc) is 2.54. The molecule has 0 aliphatic carbocycles. The minimum Gasteiger partial charge on any atom is -0.496 e. The zero-order chi connectivity index (χ0) is 15.2. The van der Waals surface area contributed by atoms with Gasteiger partial charge in [-0.1, -0.05) is 24.3 Å². The number of nitriles is 1. The fourth-order valence-electron chi connectivity index (χ4n) is 2.11. The first-order valence-corrected chi connectivity index (χ1v) is 6.59.